The Balaban J connectivity index is 1.26. The number of hydrogen-bond donors (Lipinski definition) is 0. The van der Waals surface area contributed by atoms with Gasteiger partial charge in [-0.3, -0.25) is 9.69 Å². The summed E-state index contributed by atoms with van der Waals surface area (Å²) in [6.07, 6.45) is 1.63. The molecule has 4 rings (SSSR count). The molecule has 0 aliphatic carbocycles. The van der Waals surface area contributed by atoms with Crippen LogP contribution < -0.4 is 0 Å². The number of carbonyl (C=O) groups excluding carboxylic acids is 2. The molecule has 0 bridgehead atoms. The Labute approximate surface area is 203 Å². The van der Waals surface area contributed by atoms with Crippen molar-refractivity contribution in [1.82, 2.24) is 19.9 Å². The standard InChI is InChI=1S/C25H28N4O4S/c1-18-22(19(2)33-27-18)17-34-24-21(9-6-10-26-24)25(31)32-16-23(30)29-13-11-28(12-14-29)15-20-7-4-3-5-8-20/h3-10H,11-17H2,1-2H3. The first-order chi connectivity index (χ1) is 16.5. The molecule has 0 N–H and O–H groups in total. The molecule has 178 valence electrons. The summed E-state index contributed by atoms with van der Waals surface area (Å²) >= 11 is 1.41. The van der Waals surface area contributed by atoms with Crippen LogP contribution in [-0.2, 0) is 21.8 Å². The van der Waals surface area contributed by atoms with Gasteiger partial charge in [0, 0.05) is 50.2 Å². The van der Waals surface area contributed by atoms with E-state index in [1.165, 1.54) is 17.3 Å². The van der Waals surface area contributed by atoms with E-state index in [1.807, 2.05) is 32.0 Å². The highest BCUT2D eigenvalue weighted by molar-refractivity contribution is 7.98. The van der Waals surface area contributed by atoms with Gasteiger partial charge in [-0.05, 0) is 31.5 Å². The SMILES string of the molecule is Cc1noc(C)c1CSc1ncccc1C(=O)OCC(=O)N1CCN(Cc2ccccc2)CC1. The number of esters is 1. The van der Waals surface area contributed by atoms with Crippen LogP contribution in [0.25, 0.3) is 0 Å². The van der Waals surface area contributed by atoms with Crippen molar-refractivity contribution in [3.63, 3.8) is 0 Å². The summed E-state index contributed by atoms with van der Waals surface area (Å²) in [6, 6.07) is 13.6. The maximum absolute atomic E-state index is 12.7. The Morgan fingerprint density at radius 2 is 1.82 bits per heavy atom. The van der Waals surface area contributed by atoms with Crippen LogP contribution >= 0.6 is 11.8 Å². The van der Waals surface area contributed by atoms with E-state index in [2.05, 4.69) is 27.2 Å². The summed E-state index contributed by atoms with van der Waals surface area (Å²) in [7, 11) is 0. The topological polar surface area (TPSA) is 88.8 Å². The summed E-state index contributed by atoms with van der Waals surface area (Å²) in [6.45, 7) is 7.15. The Morgan fingerprint density at radius 3 is 2.53 bits per heavy atom. The highest BCUT2D eigenvalue weighted by Crippen LogP contribution is 2.27. The summed E-state index contributed by atoms with van der Waals surface area (Å²) < 4.78 is 10.6. The number of aromatic nitrogens is 2. The fourth-order valence-electron chi connectivity index (χ4n) is 3.80. The number of pyridine rings is 1. The van der Waals surface area contributed by atoms with Crippen LogP contribution in [-0.4, -0.2) is 64.6 Å². The van der Waals surface area contributed by atoms with Crippen molar-refractivity contribution in [3.8, 4) is 0 Å². The average Bonchev–Trinajstić information content (AvgIpc) is 3.19. The Kier molecular flexibility index (Phi) is 7.97. The first-order valence-electron chi connectivity index (χ1n) is 11.2. The Bertz CT molecular complexity index is 1110. The molecular formula is C25H28N4O4S. The van der Waals surface area contributed by atoms with Gasteiger partial charge in [-0.25, -0.2) is 9.78 Å². The van der Waals surface area contributed by atoms with Crippen molar-refractivity contribution >= 4 is 23.6 Å². The van der Waals surface area contributed by atoms with Crippen LogP contribution in [0, 0.1) is 13.8 Å². The second kappa shape index (κ2) is 11.3. The van der Waals surface area contributed by atoms with Gasteiger partial charge in [0.15, 0.2) is 6.61 Å². The summed E-state index contributed by atoms with van der Waals surface area (Å²) in [5, 5.41) is 4.51. The monoisotopic (exact) mass is 480 g/mol. The molecule has 34 heavy (non-hydrogen) atoms. The van der Waals surface area contributed by atoms with Crippen molar-refractivity contribution < 1.29 is 18.8 Å². The lowest BCUT2D eigenvalue weighted by Crippen LogP contribution is -2.49. The van der Waals surface area contributed by atoms with Crippen molar-refractivity contribution in [2.24, 2.45) is 0 Å². The van der Waals surface area contributed by atoms with Crippen LogP contribution in [0.5, 0.6) is 0 Å². The molecule has 9 heteroatoms. The predicted molar refractivity (Wildman–Crippen MR) is 128 cm³/mol. The molecule has 0 unspecified atom stereocenters. The van der Waals surface area contributed by atoms with Gasteiger partial charge in [0.25, 0.3) is 5.91 Å². The molecule has 1 amide bonds. The first kappa shape index (κ1) is 24.0. The highest BCUT2D eigenvalue weighted by Gasteiger charge is 2.23. The molecule has 3 heterocycles. The third-order valence-corrected chi connectivity index (χ3v) is 6.86. The van der Waals surface area contributed by atoms with Gasteiger partial charge in [0.1, 0.15) is 10.8 Å². The molecule has 0 saturated carbocycles. The normalized spacial score (nSPS) is 14.2. The van der Waals surface area contributed by atoms with Crippen LogP contribution in [0.2, 0.25) is 0 Å². The van der Waals surface area contributed by atoms with E-state index < -0.39 is 5.97 Å². The predicted octanol–water partition coefficient (Wildman–Crippen LogP) is 3.48. The van der Waals surface area contributed by atoms with Gasteiger partial charge >= 0.3 is 5.97 Å². The number of carbonyl (C=O) groups is 2. The lowest BCUT2D eigenvalue weighted by atomic mass is 10.2. The number of hydrogen-bond acceptors (Lipinski definition) is 8. The zero-order chi connectivity index (χ0) is 23.9. The number of rotatable bonds is 8. The van der Waals surface area contributed by atoms with Crippen LogP contribution in [0.1, 0.15) is 32.9 Å². The van der Waals surface area contributed by atoms with Gasteiger partial charge in [-0.15, -0.1) is 11.8 Å². The maximum atomic E-state index is 12.7. The lowest BCUT2D eigenvalue weighted by Gasteiger charge is -2.34. The molecule has 0 spiro atoms. The molecule has 1 aliphatic heterocycles. The van der Waals surface area contributed by atoms with E-state index in [0.29, 0.717) is 29.4 Å². The minimum absolute atomic E-state index is 0.179. The smallest absolute Gasteiger partial charge is 0.341 e. The maximum Gasteiger partial charge on any atom is 0.341 e. The number of nitrogens with zero attached hydrogens (tertiary/aromatic N) is 4. The number of amides is 1. The highest BCUT2D eigenvalue weighted by atomic mass is 32.2. The molecule has 1 fully saturated rings. The lowest BCUT2D eigenvalue weighted by molar-refractivity contribution is -0.136. The molecule has 8 nitrogen and oxygen atoms in total. The van der Waals surface area contributed by atoms with E-state index in [4.69, 9.17) is 9.26 Å². The molecule has 1 saturated heterocycles. The molecule has 0 radical (unpaired) electrons. The van der Waals surface area contributed by atoms with E-state index in [-0.39, 0.29) is 12.5 Å². The van der Waals surface area contributed by atoms with E-state index in [9.17, 15) is 9.59 Å². The van der Waals surface area contributed by atoms with Gasteiger partial charge < -0.3 is 14.2 Å². The van der Waals surface area contributed by atoms with Crippen molar-refractivity contribution in [2.45, 2.75) is 31.2 Å². The van der Waals surface area contributed by atoms with Gasteiger partial charge in [-0.1, -0.05) is 35.5 Å². The molecular weight excluding hydrogens is 452 g/mol. The van der Waals surface area contributed by atoms with Crippen molar-refractivity contribution in [3.05, 3.63) is 76.8 Å². The zero-order valence-electron chi connectivity index (χ0n) is 19.4. The van der Waals surface area contributed by atoms with Crippen LogP contribution in [0.3, 0.4) is 0 Å². The number of benzene rings is 1. The first-order valence-corrected chi connectivity index (χ1v) is 12.2. The number of ether oxygens (including phenoxy) is 1. The van der Waals surface area contributed by atoms with Gasteiger partial charge in [0.05, 0.1) is 11.3 Å². The van der Waals surface area contributed by atoms with E-state index in [1.54, 1.807) is 23.2 Å². The number of piperazine rings is 1. The summed E-state index contributed by atoms with van der Waals surface area (Å²) in [5.41, 5.74) is 3.41. The number of thioether (sulfide) groups is 1. The van der Waals surface area contributed by atoms with Crippen molar-refractivity contribution in [1.29, 1.82) is 0 Å². The molecule has 2 aromatic heterocycles. The largest absolute Gasteiger partial charge is 0.452 e. The minimum Gasteiger partial charge on any atom is -0.452 e. The fraction of sp³-hybridized carbons (Fsp3) is 0.360. The fourth-order valence-corrected chi connectivity index (χ4v) is 4.94. The molecule has 0 atom stereocenters. The number of aryl methyl sites for hydroxylation is 2. The molecule has 3 aromatic rings. The third-order valence-electron chi connectivity index (χ3n) is 5.83. The second-order valence-corrected chi connectivity index (χ2v) is 9.13. The minimum atomic E-state index is -0.551. The Morgan fingerprint density at radius 1 is 1.06 bits per heavy atom. The Hall–Kier alpha value is -3.17. The molecule has 1 aliphatic rings. The average molecular weight is 481 g/mol. The van der Waals surface area contributed by atoms with Gasteiger partial charge in [-0.2, -0.15) is 0 Å². The van der Waals surface area contributed by atoms with Crippen LogP contribution in [0.4, 0.5) is 0 Å². The molecule has 1 aromatic carbocycles. The summed E-state index contributed by atoms with van der Waals surface area (Å²) in [4.78, 5) is 33.8. The zero-order valence-corrected chi connectivity index (χ0v) is 20.2. The van der Waals surface area contributed by atoms with Gasteiger partial charge in [0.2, 0.25) is 0 Å². The van der Waals surface area contributed by atoms with Crippen molar-refractivity contribution in [2.75, 3.05) is 32.8 Å². The summed E-state index contributed by atoms with van der Waals surface area (Å²) in [5.74, 6) is 0.594. The van der Waals surface area contributed by atoms with E-state index >= 15 is 0 Å². The van der Waals surface area contributed by atoms with Crippen LogP contribution in [0.15, 0.2) is 58.2 Å². The second-order valence-electron chi connectivity index (χ2n) is 8.17. The van der Waals surface area contributed by atoms with E-state index in [0.717, 1.165) is 36.7 Å². The third kappa shape index (κ3) is 6.03. The quantitative estimate of drug-likeness (QED) is 0.358.